The maximum absolute atomic E-state index is 13.1. The van der Waals surface area contributed by atoms with Gasteiger partial charge in [0.2, 0.25) is 11.3 Å². The van der Waals surface area contributed by atoms with Gasteiger partial charge in [-0.2, -0.15) is 0 Å². The van der Waals surface area contributed by atoms with Crippen molar-refractivity contribution in [2.24, 2.45) is 0 Å². The minimum atomic E-state index is -1.12. The van der Waals surface area contributed by atoms with E-state index >= 15 is 0 Å². The van der Waals surface area contributed by atoms with Gasteiger partial charge in [-0.1, -0.05) is 29.8 Å². The highest BCUT2D eigenvalue weighted by Gasteiger charge is 2.25. The van der Waals surface area contributed by atoms with Crippen molar-refractivity contribution in [1.82, 2.24) is 10.3 Å². The van der Waals surface area contributed by atoms with Crippen LogP contribution in [-0.4, -0.2) is 35.5 Å². The number of rotatable bonds is 9. The lowest BCUT2D eigenvalue weighted by Crippen LogP contribution is -2.43. The van der Waals surface area contributed by atoms with E-state index in [0.717, 1.165) is 5.39 Å². The summed E-state index contributed by atoms with van der Waals surface area (Å²) >= 11 is 5.91. The number of amides is 1. The van der Waals surface area contributed by atoms with Crippen molar-refractivity contribution in [3.63, 3.8) is 0 Å². The molecular weight excluding hydrogens is 500 g/mol. The van der Waals surface area contributed by atoms with Crippen LogP contribution in [0.1, 0.15) is 39.0 Å². The van der Waals surface area contributed by atoms with Gasteiger partial charge < -0.3 is 24.2 Å². The number of halogens is 1. The van der Waals surface area contributed by atoms with Gasteiger partial charge >= 0.3 is 11.9 Å². The molecule has 1 amide bonds. The van der Waals surface area contributed by atoms with Crippen molar-refractivity contribution < 1.29 is 28.3 Å². The van der Waals surface area contributed by atoms with Crippen LogP contribution in [0.3, 0.4) is 0 Å². The van der Waals surface area contributed by atoms with E-state index in [1.165, 1.54) is 30.5 Å². The first-order valence-electron chi connectivity index (χ1n) is 11.4. The van der Waals surface area contributed by atoms with E-state index in [2.05, 4.69) is 10.3 Å². The van der Waals surface area contributed by atoms with Crippen molar-refractivity contribution in [2.45, 2.75) is 26.0 Å². The zero-order valence-electron chi connectivity index (χ0n) is 19.8. The summed E-state index contributed by atoms with van der Waals surface area (Å²) in [5.74, 6) is -1.89. The number of para-hydroxylation sites is 1. The number of hydrogen-bond donors (Lipinski definition) is 2. The van der Waals surface area contributed by atoms with Gasteiger partial charge in [0, 0.05) is 39.5 Å². The minimum absolute atomic E-state index is 0.00204. The Labute approximate surface area is 216 Å². The lowest BCUT2D eigenvalue weighted by Gasteiger charge is -2.18. The van der Waals surface area contributed by atoms with Gasteiger partial charge in [0.05, 0.1) is 12.9 Å². The largest absolute Gasteiger partial charge is 0.460 e. The fourth-order valence-corrected chi connectivity index (χ4v) is 3.84. The molecule has 4 aromatic rings. The SMILES string of the molecule is CCOC(=O)c1cc(COC(=O)C(Cc2cc(=O)[nH]c3ccccc23)NC(=O)c2ccc(Cl)cc2)co1. The van der Waals surface area contributed by atoms with Crippen LogP contribution in [0.2, 0.25) is 5.02 Å². The van der Waals surface area contributed by atoms with Gasteiger partial charge in [0.25, 0.3) is 5.91 Å². The number of carbonyl (C=O) groups is 3. The number of esters is 2. The summed E-state index contributed by atoms with van der Waals surface area (Å²) in [6.07, 6.45) is 1.28. The highest BCUT2D eigenvalue weighted by atomic mass is 35.5. The molecule has 4 rings (SSSR count). The van der Waals surface area contributed by atoms with Gasteiger partial charge in [0.1, 0.15) is 12.6 Å². The molecule has 0 aliphatic rings. The molecule has 0 spiro atoms. The summed E-state index contributed by atoms with van der Waals surface area (Å²) in [5, 5.41) is 3.89. The normalized spacial score (nSPS) is 11.6. The molecule has 0 fully saturated rings. The summed E-state index contributed by atoms with van der Waals surface area (Å²) in [7, 11) is 0. The van der Waals surface area contributed by atoms with Crippen molar-refractivity contribution in [3.8, 4) is 0 Å². The van der Waals surface area contributed by atoms with Crippen LogP contribution in [-0.2, 0) is 27.3 Å². The van der Waals surface area contributed by atoms with Crippen LogP contribution in [0, 0.1) is 0 Å². The average Bonchev–Trinajstić information content (AvgIpc) is 3.36. The molecule has 2 heterocycles. The molecule has 0 saturated heterocycles. The fraction of sp³-hybridized carbons (Fsp3) is 0.185. The zero-order valence-corrected chi connectivity index (χ0v) is 20.5. The number of fused-ring (bicyclic) bond motifs is 1. The van der Waals surface area contributed by atoms with Gasteiger partial charge in [0.15, 0.2) is 0 Å². The summed E-state index contributed by atoms with van der Waals surface area (Å²) in [6, 6.07) is 15.0. The lowest BCUT2D eigenvalue weighted by molar-refractivity contribution is -0.147. The summed E-state index contributed by atoms with van der Waals surface area (Å²) in [6.45, 7) is 1.66. The average molecular weight is 523 g/mol. The standard InChI is InChI=1S/C27H23ClN2O7/c1-2-35-27(34)23-11-16(14-36-23)15-37-26(33)22(30-25(32)17-7-9-19(28)10-8-17)12-18-13-24(31)29-21-6-4-3-5-20(18)21/h3-11,13-14,22H,2,12,15H2,1H3,(H,29,31)(H,30,32). The van der Waals surface area contributed by atoms with Gasteiger partial charge in [-0.05, 0) is 48.9 Å². The number of carbonyl (C=O) groups excluding carboxylic acids is 3. The Balaban J connectivity index is 1.56. The van der Waals surface area contributed by atoms with E-state index in [1.54, 1.807) is 31.2 Å². The van der Waals surface area contributed by atoms with E-state index in [1.807, 2.05) is 12.1 Å². The number of pyridine rings is 1. The Morgan fingerprint density at radius 2 is 1.81 bits per heavy atom. The van der Waals surface area contributed by atoms with E-state index in [4.69, 9.17) is 25.5 Å². The number of nitrogens with one attached hydrogen (secondary N) is 2. The Morgan fingerprint density at radius 3 is 2.57 bits per heavy atom. The topological polar surface area (TPSA) is 128 Å². The monoisotopic (exact) mass is 522 g/mol. The van der Waals surface area contributed by atoms with Crippen molar-refractivity contribution in [2.75, 3.05) is 6.61 Å². The number of hydrogen-bond acceptors (Lipinski definition) is 7. The molecule has 2 N–H and O–H groups in total. The number of aromatic amines is 1. The van der Waals surface area contributed by atoms with Crippen molar-refractivity contribution in [1.29, 1.82) is 0 Å². The van der Waals surface area contributed by atoms with Crippen LogP contribution in [0.5, 0.6) is 0 Å². The second kappa shape index (κ2) is 11.6. The molecular formula is C27H23ClN2O7. The number of H-pyrrole nitrogens is 1. The maximum atomic E-state index is 13.1. The molecule has 2 aromatic carbocycles. The van der Waals surface area contributed by atoms with Crippen molar-refractivity contribution >= 4 is 40.3 Å². The molecule has 2 aromatic heterocycles. The Kier molecular flexibility index (Phi) is 8.05. The lowest BCUT2D eigenvalue weighted by atomic mass is 10.0. The van der Waals surface area contributed by atoms with Crippen LogP contribution in [0.25, 0.3) is 10.9 Å². The fourth-order valence-electron chi connectivity index (χ4n) is 3.72. The van der Waals surface area contributed by atoms with Crippen LogP contribution >= 0.6 is 11.6 Å². The molecule has 9 nitrogen and oxygen atoms in total. The molecule has 0 aliphatic heterocycles. The summed E-state index contributed by atoms with van der Waals surface area (Å²) in [5.41, 5.74) is 1.55. The summed E-state index contributed by atoms with van der Waals surface area (Å²) < 4.78 is 15.5. The molecule has 190 valence electrons. The summed E-state index contributed by atoms with van der Waals surface area (Å²) in [4.78, 5) is 52.8. The van der Waals surface area contributed by atoms with E-state index in [0.29, 0.717) is 27.2 Å². The minimum Gasteiger partial charge on any atom is -0.460 e. The molecule has 0 radical (unpaired) electrons. The zero-order chi connectivity index (χ0) is 26.4. The highest BCUT2D eigenvalue weighted by molar-refractivity contribution is 6.30. The Hall–Kier alpha value is -4.37. The first-order chi connectivity index (χ1) is 17.8. The first-order valence-corrected chi connectivity index (χ1v) is 11.8. The third-order valence-electron chi connectivity index (χ3n) is 5.47. The van der Waals surface area contributed by atoms with E-state index in [9.17, 15) is 19.2 Å². The Morgan fingerprint density at radius 1 is 1.05 bits per heavy atom. The molecule has 1 atom stereocenters. The van der Waals surface area contributed by atoms with Crippen LogP contribution in [0.15, 0.2) is 76.1 Å². The van der Waals surface area contributed by atoms with E-state index < -0.39 is 23.9 Å². The van der Waals surface area contributed by atoms with Crippen LogP contribution < -0.4 is 10.9 Å². The molecule has 0 aliphatic carbocycles. The first kappa shape index (κ1) is 25.7. The predicted molar refractivity (Wildman–Crippen MR) is 135 cm³/mol. The third-order valence-corrected chi connectivity index (χ3v) is 5.72. The molecule has 0 saturated carbocycles. The smallest absolute Gasteiger partial charge is 0.374 e. The number of ether oxygens (including phenoxy) is 2. The number of benzene rings is 2. The second-order valence-electron chi connectivity index (χ2n) is 8.09. The van der Waals surface area contributed by atoms with Gasteiger partial charge in [-0.15, -0.1) is 0 Å². The number of aromatic nitrogens is 1. The van der Waals surface area contributed by atoms with Crippen LogP contribution in [0.4, 0.5) is 0 Å². The Bertz CT molecular complexity index is 1490. The molecule has 37 heavy (non-hydrogen) atoms. The number of furan rings is 1. The highest BCUT2D eigenvalue weighted by Crippen LogP contribution is 2.18. The molecule has 1 unspecified atom stereocenters. The predicted octanol–water partition coefficient (Wildman–Crippen LogP) is 4.04. The molecule has 0 bridgehead atoms. The van der Waals surface area contributed by atoms with Crippen molar-refractivity contribution in [3.05, 3.63) is 105 Å². The molecule has 10 heteroatoms. The quantitative estimate of drug-likeness (QED) is 0.317. The van der Waals surface area contributed by atoms with E-state index in [-0.39, 0.29) is 31.0 Å². The van der Waals surface area contributed by atoms with Gasteiger partial charge in [-0.3, -0.25) is 9.59 Å². The third kappa shape index (κ3) is 6.45. The second-order valence-corrected chi connectivity index (χ2v) is 8.53. The van der Waals surface area contributed by atoms with Gasteiger partial charge in [-0.25, -0.2) is 9.59 Å². The maximum Gasteiger partial charge on any atom is 0.374 e.